The first-order valence-electron chi connectivity index (χ1n) is 6.17. The van der Waals surface area contributed by atoms with Crippen molar-refractivity contribution in [3.8, 4) is 0 Å². The number of hydrogen-bond donors (Lipinski definition) is 0. The van der Waals surface area contributed by atoms with Gasteiger partial charge < -0.3 is 9.47 Å². The van der Waals surface area contributed by atoms with E-state index >= 15 is 0 Å². The van der Waals surface area contributed by atoms with Crippen molar-refractivity contribution < 1.29 is 27.9 Å². The van der Waals surface area contributed by atoms with Gasteiger partial charge in [0.1, 0.15) is 0 Å². The summed E-state index contributed by atoms with van der Waals surface area (Å²) in [6.45, 7) is 14.0. The summed E-state index contributed by atoms with van der Waals surface area (Å²) in [6.07, 6.45) is 0. The van der Waals surface area contributed by atoms with Gasteiger partial charge in [-0.1, -0.05) is 36.4 Å². The summed E-state index contributed by atoms with van der Waals surface area (Å²) in [5, 5.41) is 0. The number of carbonyl (C=O) groups excluding carboxylic acids is 1. The molecule has 0 aliphatic carbocycles. The van der Waals surface area contributed by atoms with Gasteiger partial charge in [-0.25, -0.2) is 0 Å². The lowest BCUT2D eigenvalue weighted by Gasteiger charge is -2.20. The van der Waals surface area contributed by atoms with Gasteiger partial charge in [0.25, 0.3) is 0 Å². The molecule has 7 heteroatoms. The van der Waals surface area contributed by atoms with Crippen LogP contribution in [0.3, 0.4) is 0 Å². The molecule has 0 N–H and O–H groups in total. The number of rotatable bonds is 7. The Hall–Kier alpha value is -0.970. The molecule has 0 aliphatic heterocycles. The maximum absolute atomic E-state index is 11.4. The fourth-order valence-corrected chi connectivity index (χ4v) is 1.09. The lowest BCUT2D eigenvalue weighted by atomic mass is 9.95. The maximum atomic E-state index is 11.4. The second-order valence-corrected chi connectivity index (χ2v) is 7.18. The van der Waals surface area contributed by atoms with Crippen LogP contribution in [0, 0.1) is 10.8 Å². The highest BCUT2D eigenvalue weighted by atomic mass is 31.1. The number of hydrogen-bond acceptors (Lipinski definition) is 6. The van der Waals surface area contributed by atoms with Crippen molar-refractivity contribution >= 4 is 14.2 Å². The molecule has 0 saturated carbocycles. The van der Waals surface area contributed by atoms with E-state index < -0.39 is 26.4 Å². The monoisotopic (exact) mass is 307 g/mol. The minimum atomic E-state index is -2.41. The summed E-state index contributed by atoms with van der Waals surface area (Å²) in [5.74, 6) is 0.0679. The van der Waals surface area contributed by atoms with E-state index in [2.05, 4.69) is 6.58 Å². The minimum absolute atomic E-state index is 0.224. The van der Waals surface area contributed by atoms with Crippen molar-refractivity contribution in [2.24, 2.45) is 10.8 Å². The van der Waals surface area contributed by atoms with Crippen molar-refractivity contribution in [1.82, 2.24) is 0 Å². The molecule has 0 aromatic rings. The quantitative estimate of drug-likeness (QED) is 0.309. The first kappa shape index (κ1) is 19.0. The van der Waals surface area contributed by atoms with Gasteiger partial charge in [0.15, 0.2) is 0 Å². The minimum Gasteiger partial charge on any atom is -0.467 e. The van der Waals surface area contributed by atoms with Gasteiger partial charge in [-0.05, 0) is 20.8 Å². The summed E-state index contributed by atoms with van der Waals surface area (Å²) < 4.78 is 30.8. The fraction of sp³-hybridized carbons (Fsp3) is 0.769. The molecule has 1 atom stereocenters. The zero-order valence-electron chi connectivity index (χ0n) is 13.0. The molecule has 0 bridgehead atoms. The first-order chi connectivity index (χ1) is 8.94. The average molecular weight is 307 g/mol. The Morgan fingerprint density at radius 2 is 1.40 bits per heavy atom. The standard InChI is InChI=1S/C13H24O6P/c1-10(12(2,3)4)16-8-18-20(15)19-9-17-11(14)13(5,6)7/h1,8-9H2,2-7H3/q+1. The average Bonchev–Trinajstić information content (AvgIpc) is 2.26. The summed E-state index contributed by atoms with van der Waals surface area (Å²) in [6, 6.07) is 0. The molecular weight excluding hydrogens is 283 g/mol. The van der Waals surface area contributed by atoms with Gasteiger partial charge >= 0.3 is 14.2 Å². The number of ether oxygens (including phenoxy) is 2. The normalized spacial score (nSPS) is 12.8. The van der Waals surface area contributed by atoms with Crippen LogP contribution in [0.15, 0.2) is 12.3 Å². The SMILES string of the molecule is C=C(OCO[P+](=O)OCOC(=O)C(C)(C)C)C(C)(C)C. The molecule has 0 aliphatic rings. The van der Waals surface area contributed by atoms with E-state index in [1.165, 1.54) is 0 Å². The molecule has 0 aromatic carbocycles. The van der Waals surface area contributed by atoms with Crippen LogP contribution in [0.25, 0.3) is 0 Å². The zero-order valence-corrected chi connectivity index (χ0v) is 13.9. The Labute approximate surface area is 121 Å². The molecule has 0 spiro atoms. The van der Waals surface area contributed by atoms with Gasteiger partial charge in [0.2, 0.25) is 13.6 Å². The lowest BCUT2D eigenvalue weighted by Crippen LogP contribution is -2.23. The van der Waals surface area contributed by atoms with Crippen LogP contribution in [0.1, 0.15) is 41.5 Å². The van der Waals surface area contributed by atoms with E-state index in [1.54, 1.807) is 20.8 Å². The van der Waals surface area contributed by atoms with Crippen LogP contribution in [0.5, 0.6) is 0 Å². The molecule has 6 nitrogen and oxygen atoms in total. The molecule has 0 fully saturated rings. The van der Waals surface area contributed by atoms with Crippen molar-refractivity contribution in [1.29, 1.82) is 0 Å². The predicted octanol–water partition coefficient (Wildman–Crippen LogP) is 3.76. The van der Waals surface area contributed by atoms with Gasteiger partial charge in [0.05, 0.1) is 11.2 Å². The zero-order chi connectivity index (χ0) is 16.0. The third-order valence-electron chi connectivity index (χ3n) is 2.19. The van der Waals surface area contributed by atoms with Gasteiger partial charge in [0, 0.05) is 9.98 Å². The molecule has 0 rings (SSSR count). The van der Waals surface area contributed by atoms with Crippen LogP contribution in [-0.2, 0) is 27.9 Å². The molecule has 0 radical (unpaired) electrons. The number of esters is 1. The van der Waals surface area contributed by atoms with Crippen molar-refractivity contribution in [3.05, 3.63) is 12.3 Å². The summed E-state index contributed by atoms with van der Waals surface area (Å²) in [4.78, 5) is 11.4. The van der Waals surface area contributed by atoms with Crippen molar-refractivity contribution in [3.63, 3.8) is 0 Å². The van der Waals surface area contributed by atoms with E-state index in [9.17, 15) is 9.36 Å². The predicted molar refractivity (Wildman–Crippen MR) is 74.7 cm³/mol. The van der Waals surface area contributed by atoms with Crippen molar-refractivity contribution in [2.75, 3.05) is 13.6 Å². The first-order valence-corrected chi connectivity index (χ1v) is 7.26. The number of carbonyl (C=O) groups is 1. The topological polar surface area (TPSA) is 71.1 Å². The summed E-state index contributed by atoms with van der Waals surface area (Å²) in [5.41, 5.74) is -0.860. The largest absolute Gasteiger partial charge is 0.704 e. The molecule has 0 saturated heterocycles. The van der Waals surface area contributed by atoms with E-state index in [0.29, 0.717) is 5.76 Å². The third-order valence-corrected chi connectivity index (χ3v) is 2.82. The Kier molecular flexibility index (Phi) is 7.34. The highest BCUT2D eigenvalue weighted by molar-refractivity contribution is 7.33. The van der Waals surface area contributed by atoms with Gasteiger partial charge in [-0.15, -0.1) is 0 Å². The smallest absolute Gasteiger partial charge is 0.467 e. The van der Waals surface area contributed by atoms with Crippen molar-refractivity contribution in [2.45, 2.75) is 41.5 Å². The van der Waals surface area contributed by atoms with Crippen LogP contribution >= 0.6 is 8.25 Å². The molecule has 0 aromatic heterocycles. The summed E-state index contributed by atoms with van der Waals surface area (Å²) >= 11 is 0. The Bertz CT molecular complexity index is 330. The highest BCUT2D eigenvalue weighted by Crippen LogP contribution is 2.28. The van der Waals surface area contributed by atoms with E-state index in [-0.39, 0.29) is 12.2 Å². The van der Waals surface area contributed by atoms with E-state index in [1.807, 2.05) is 20.8 Å². The van der Waals surface area contributed by atoms with Crippen LogP contribution in [-0.4, -0.2) is 19.6 Å². The second kappa shape index (κ2) is 7.72. The molecule has 0 heterocycles. The Morgan fingerprint density at radius 1 is 0.950 bits per heavy atom. The molecule has 1 unspecified atom stereocenters. The Morgan fingerprint density at radius 3 is 1.80 bits per heavy atom. The maximum Gasteiger partial charge on any atom is 0.704 e. The Balaban J connectivity index is 3.82. The molecule has 0 amide bonds. The molecular formula is C13H24O6P+. The molecule has 20 heavy (non-hydrogen) atoms. The lowest BCUT2D eigenvalue weighted by molar-refractivity contribution is -0.159. The number of allylic oxidation sites excluding steroid dienone is 1. The summed E-state index contributed by atoms with van der Waals surface area (Å²) in [7, 11) is -2.41. The second-order valence-electron chi connectivity index (χ2n) is 6.22. The van der Waals surface area contributed by atoms with Crippen LogP contribution in [0.2, 0.25) is 0 Å². The van der Waals surface area contributed by atoms with Gasteiger partial charge in [-0.2, -0.15) is 0 Å². The van der Waals surface area contributed by atoms with Crippen LogP contribution < -0.4 is 0 Å². The fourth-order valence-electron chi connectivity index (χ4n) is 0.734. The van der Waals surface area contributed by atoms with E-state index in [4.69, 9.17) is 18.5 Å². The van der Waals surface area contributed by atoms with Gasteiger partial charge in [-0.3, -0.25) is 4.79 Å². The highest BCUT2D eigenvalue weighted by Gasteiger charge is 2.27. The van der Waals surface area contributed by atoms with Crippen LogP contribution in [0.4, 0.5) is 0 Å². The molecule has 116 valence electrons. The van der Waals surface area contributed by atoms with E-state index in [0.717, 1.165) is 0 Å². The third kappa shape index (κ3) is 8.25.